The maximum absolute atomic E-state index is 11.7. The Morgan fingerprint density at radius 3 is 2.82 bits per heavy atom. The monoisotopic (exact) mass is 315 g/mol. The second-order valence-electron chi connectivity index (χ2n) is 5.24. The molecular formula is C15H17N5OS. The number of benzene rings is 1. The number of nitrogens with one attached hydrogen (secondary N) is 1. The van der Waals surface area contributed by atoms with Crippen LogP contribution in [0.2, 0.25) is 0 Å². The first-order valence-electron chi connectivity index (χ1n) is 6.90. The molecule has 7 heteroatoms. The summed E-state index contributed by atoms with van der Waals surface area (Å²) in [7, 11) is 4.05. The van der Waals surface area contributed by atoms with Gasteiger partial charge in [-0.05, 0) is 30.2 Å². The van der Waals surface area contributed by atoms with Crippen LogP contribution < -0.4 is 15.8 Å². The summed E-state index contributed by atoms with van der Waals surface area (Å²) < 4.78 is 1.31. The van der Waals surface area contributed by atoms with Crippen molar-refractivity contribution in [2.75, 3.05) is 24.3 Å². The molecule has 0 aliphatic heterocycles. The van der Waals surface area contributed by atoms with Crippen LogP contribution in [0.1, 0.15) is 11.1 Å². The Morgan fingerprint density at radius 1 is 1.32 bits per heavy atom. The van der Waals surface area contributed by atoms with Crippen LogP contribution in [0, 0.1) is 6.92 Å². The van der Waals surface area contributed by atoms with E-state index in [1.165, 1.54) is 44.9 Å². The standard InChI is InChI=1S/C15H17N5OS/c1-10-8-12(19(2)3)5-4-11(10)9-17-14-18-20-13(21)6-7-16-15(20)22-14/h4-8H,9H2,1-3H3,(H,17,18). The molecular weight excluding hydrogens is 298 g/mol. The Morgan fingerprint density at radius 2 is 2.14 bits per heavy atom. The maximum atomic E-state index is 11.7. The van der Waals surface area contributed by atoms with Crippen molar-refractivity contribution in [1.82, 2.24) is 14.6 Å². The van der Waals surface area contributed by atoms with Crippen molar-refractivity contribution in [3.8, 4) is 0 Å². The lowest BCUT2D eigenvalue weighted by Gasteiger charge is -2.15. The molecule has 3 rings (SSSR count). The SMILES string of the molecule is Cc1cc(N(C)C)ccc1CNc1nn2c(=O)ccnc2s1. The molecule has 1 aromatic carbocycles. The highest BCUT2D eigenvalue weighted by molar-refractivity contribution is 7.20. The highest BCUT2D eigenvalue weighted by Gasteiger charge is 2.07. The second kappa shape index (κ2) is 5.76. The van der Waals surface area contributed by atoms with Gasteiger partial charge in [0.25, 0.3) is 5.56 Å². The van der Waals surface area contributed by atoms with E-state index >= 15 is 0 Å². The van der Waals surface area contributed by atoms with E-state index < -0.39 is 0 Å². The number of fused-ring (bicyclic) bond motifs is 1. The molecule has 2 heterocycles. The minimum atomic E-state index is -0.166. The minimum absolute atomic E-state index is 0.166. The van der Waals surface area contributed by atoms with Gasteiger partial charge in [-0.15, -0.1) is 5.10 Å². The number of rotatable bonds is 4. The average molecular weight is 315 g/mol. The second-order valence-corrected chi connectivity index (χ2v) is 6.20. The van der Waals surface area contributed by atoms with Gasteiger partial charge in [0, 0.05) is 38.6 Å². The molecule has 0 aliphatic rings. The van der Waals surface area contributed by atoms with E-state index in [-0.39, 0.29) is 5.56 Å². The molecule has 6 nitrogen and oxygen atoms in total. The zero-order valence-electron chi connectivity index (χ0n) is 12.7. The van der Waals surface area contributed by atoms with E-state index in [0.717, 1.165) is 0 Å². The average Bonchev–Trinajstić information content (AvgIpc) is 2.90. The van der Waals surface area contributed by atoms with Crippen LogP contribution in [0.25, 0.3) is 4.96 Å². The predicted octanol–water partition coefficient (Wildman–Crippen LogP) is 2.14. The zero-order valence-corrected chi connectivity index (χ0v) is 13.5. The molecule has 0 unspecified atom stereocenters. The molecule has 0 saturated carbocycles. The van der Waals surface area contributed by atoms with E-state index in [0.29, 0.717) is 16.6 Å². The molecule has 0 atom stereocenters. The van der Waals surface area contributed by atoms with Crippen molar-refractivity contribution in [3.05, 3.63) is 51.9 Å². The Balaban J connectivity index is 1.79. The van der Waals surface area contributed by atoms with Gasteiger partial charge in [-0.25, -0.2) is 4.98 Å². The number of aryl methyl sites for hydroxylation is 1. The Bertz CT molecular complexity index is 868. The van der Waals surface area contributed by atoms with Gasteiger partial charge in [0.15, 0.2) is 0 Å². The maximum Gasteiger partial charge on any atom is 0.275 e. The number of aromatic nitrogens is 3. The summed E-state index contributed by atoms with van der Waals surface area (Å²) in [6.07, 6.45) is 1.50. The summed E-state index contributed by atoms with van der Waals surface area (Å²) in [5.41, 5.74) is 3.43. The third-order valence-electron chi connectivity index (χ3n) is 3.44. The van der Waals surface area contributed by atoms with Crippen LogP contribution in [0.4, 0.5) is 10.8 Å². The summed E-state index contributed by atoms with van der Waals surface area (Å²) in [6, 6.07) is 7.76. The fourth-order valence-corrected chi connectivity index (χ4v) is 2.91. The summed E-state index contributed by atoms with van der Waals surface area (Å²) in [6.45, 7) is 2.75. The molecule has 3 aromatic rings. The van der Waals surface area contributed by atoms with Gasteiger partial charge in [0.05, 0.1) is 0 Å². The van der Waals surface area contributed by atoms with Crippen LogP contribution in [0.5, 0.6) is 0 Å². The van der Waals surface area contributed by atoms with Crippen LogP contribution >= 0.6 is 11.3 Å². The summed E-state index contributed by atoms with van der Waals surface area (Å²) in [4.78, 5) is 18.5. The highest BCUT2D eigenvalue weighted by atomic mass is 32.1. The van der Waals surface area contributed by atoms with Crippen molar-refractivity contribution in [2.24, 2.45) is 0 Å². The molecule has 1 N–H and O–H groups in total. The van der Waals surface area contributed by atoms with E-state index in [1.54, 1.807) is 0 Å². The fourth-order valence-electron chi connectivity index (χ4n) is 2.14. The Labute approximate surface area is 132 Å². The molecule has 0 amide bonds. The summed E-state index contributed by atoms with van der Waals surface area (Å²) in [5, 5.41) is 8.19. The van der Waals surface area contributed by atoms with E-state index in [2.05, 4.69) is 45.4 Å². The molecule has 0 radical (unpaired) electrons. The van der Waals surface area contributed by atoms with Crippen molar-refractivity contribution >= 4 is 27.1 Å². The molecule has 22 heavy (non-hydrogen) atoms. The summed E-state index contributed by atoms with van der Waals surface area (Å²) in [5.74, 6) is 0. The molecule has 0 fully saturated rings. The third kappa shape index (κ3) is 2.80. The topological polar surface area (TPSA) is 62.5 Å². The van der Waals surface area contributed by atoms with Gasteiger partial charge >= 0.3 is 0 Å². The molecule has 114 valence electrons. The quantitative estimate of drug-likeness (QED) is 0.799. The van der Waals surface area contributed by atoms with Gasteiger partial charge < -0.3 is 10.2 Å². The fraction of sp³-hybridized carbons (Fsp3) is 0.267. The lowest BCUT2D eigenvalue weighted by atomic mass is 10.1. The first-order valence-corrected chi connectivity index (χ1v) is 7.72. The van der Waals surface area contributed by atoms with Crippen molar-refractivity contribution in [2.45, 2.75) is 13.5 Å². The smallest absolute Gasteiger partial charge is 0.275 e. The molecule has 0 saturated heterocycles. The van der Waals surface area contributed by atoms with Crippen LogP contribution in [-0.4, -0.2) is 28.7 Å². The first kappa shape index (κ1) is 14.5. The Hall–Kier alpha value is -2.41. The molecule has 0 bridgehead atoms. The van der Waals surface area contributed by atoms with Gasteiger partial charge in [-0.2, -0.15) is 4.52 Å². The van der Waals surface area contributed by atoms with Crippen molar-refractivity contribution in [3.63, 3.8) is 0 Å². The normalized spacial score (nSPS) is 10.9. The van der Waals surface area contributed by atoms with E-state index in [1.807, 2.05) is 14.1 Å². The summed E-state index contributed by atoms with van der Waals surface area (Å²) >= 11 is 1.37. The number of anilines is 2. The molecule has 0 spiro atoms. The predicted molar refractivity (Wildman–Crippen MR) is 90.0 cm³/mol. The number of nitrogens with zero attached hydrogens (tertiary/aromatic N) is 4. The lowest BCUT2D eigenvalue weighted by Crippen LogP contribution is -2.13. The van der Waals surface area contributed by atoms with Crippen molar-refractivity contribution < 1.29 is 0 Å². The van der Waals surface area contributed by atoms with Crippen molar-refractivity contribution in [1.29, 1.82) is 0 Å². The Kier molecular flexibility index (Phi) is 3.81. The van der Waals surface area contributed by atoms with Crippen LogP contribution in [0.3, 0.4) is 0 Å². The molecule has 0 aliphatic carbocycles. The van der Waals surface area contributed by atoms with E-state index in [4.69, 9.17) is 0 Å². The van der Waals surface area contributed by atoms with Crippen LogP contribution in [0.15, 0.2) is 35.3 Å². The first-order chi connectivity index (χ1) is 10.5. The van der Waals surface area contributed by atoms with Crippen LogP contribution in [-0.2, 0) is 6.54 Å². The number of hydrogen-bond donors (Lipinski definition) is 1. The van der Waals surface area contributed by atoms with Gasteiger partial charge in [0.2, 0.25) is 10.1 Å². The van der Waals surface area contributed by atoms with Gasteiger partial charge in [-0.3, -0.25) is 4.79 Å². The van der Waals surface area contributed by atoms with Gasteiger partial charge in [0.1, 0.15) is 0 Å². The van der Waals surface area contributed by atoms with E-state index in [9.17, 15) is 4.79 Å². The minimum Gasteiger partial charge on any atom is -0.378 e. The third-order valence-corrected chi connectivity index (χ3v) is 4.32. The van der Waals surface area contributed by atoms with Gasteiger partial charge in [-0.1, -0.05) is 17.4 Å². The lowest BCUT2D eigenvalue weighted by molar-refractivity contribution is 0.895. The molecule has 2 aromatic heterocycles. The largest absolute Gasteiger partial charge is 0.378 e. The zero-order chi connectivity index (χ0) is 15.7. The number of hydrogen-bond acceptors (Lipinski definition) is 6. The highest BCUT2D eigenvalue weighted by Crippen LogP contribution is 2.20.